The molecule has 0 fully saturated rings. The quantitative estimate of drug-likeness (QED) is 0.0572. The number of nitrogens with zero attached hydrogens (tertiary/aromatic N) is 2. The van der Waals surface area contributed by atoms with E-state index in [1.54, 1.807) is 24.3 Å². The minimum atomic E-state index is -0.976. The number of nitro benzene ring substituents is 2. The highest BCUT2D eigenvalue weighted by Gasteiger charge is 2.18. The van der Waals surface area contributed by atoms with E-state index < -0.39 is 27.7 Å². The van der Waals surface area contributed by atoms with Crippen LogP contribution in [0.4, 0.5) is 21.9 Å². The third-order valence-electron chi connectivity index (χ3n) is 5.78. The number of aliphatic hydroxyl groups is 1. The summed E-state index contributed by atoms with van der Waals surface area (Å²) in [6.07, 6.45) is 1.35. The number of Topliss-reactive ketones (excluding diaryl/α,β-unsaturated/α-hetero) is 1. The van der Waals surface area contributed by atoms with Gasteiger partial charge in [0.05, 0.1) is 16.5 Å². The second kappa shape index (κ2) is 15.4. The van der Waals surface area contributed by atoms with Crippen molar-refractivity contribution in [2.75, 3.05) is 11.9 Å². The van der Waals surface area contributed by atoms with E-state index in [9.17, 15) is 34.6 Å². The number of rotatable bonds is 15. The number of nitro groups is 2. The van der Waals surface area contributed by atoms with Gasteiger partial charge in [-0.1, -0.05) is 12.1 Å². The molecular weight excluding hydrogens is 552 g/mol. The van der Waals surface area contributed by atoms with E-state index in [1.807, 2.05) is 0 Å². The lowest BCUT2D eigenvalue weighted by molar-refractivity contribution is -0.385. The highest BCUT2D eigenvalue weighted by molar-refractivity contribution is 6.42. The van der Waals surface area contributed by atoms with Gasteiger partial charge in [0, 0.05) is 48.1 Å². The number of non-ortho nitro benzene ring substituents is 2. The normalized spacial score (nSPS) is 11.2. The third kappa shape index (κ3) is 9.67. The number of nitrogens with one attached hydrogen (secondary N) is 2. The summed E-state index contributed by atoms with van der Waals surface area (Å²) in [5.74, 6) is -1.57. The monoisotopic (exact) mass is 578 g/mol. The Morgan fingerprint density at radius 1 is 0.881 bits per heavy atom. The highest BCUT2D eigenvalue weighted by atomic mass is 16.7. The fourth-order valence-corrected chi connectivity index (χ4v) is 3.62. The maximum Gasteiger partial charge on any atom is 0.514 e. The lowest BCUT2D eigenvalue weighted by atomic mass is 10.1. The van der Waals surface area contributed by atoms with Gasteiger partial charge in [-0.05, 0) is 61.2 Å². The van der Waals surface area contributed by atoms with Crippen LogP contribution < -0.4 is 15.4 Å². The molecule has 0 aliphatic carbocycles. The highest BCUT2D eigenvalue weighted by Crippen LogP contribution is 2.19. The van der Waals surface area contributed by atoms with Crippen LogP contribution in [0.1, 0.15) is 28.8 Å². The Bertz CT molecular complexity index is 1390. The number of amides is 1. The minimum Gasteiger partial charge on any atom is -0.429 e. The number of ketones is 1. The van der Waals surface area contributed by atoms with E-state index in [-0.39, 0.29) is 41.9 Å². The molecule has 14 heteroatoms. The number of aliphatic hydroxyl groups excluding tert-OH is 1. The molecule has 42 heavy (non-hydrogen) atoms. The van der Waals surface area contributed by atoms with Crippen molar-refractivity contribution >= 4 is 34.9 Å². The summed E-state index contributed by atoms with van der Waals surface area (Å²) in [6, 6.07) is 16.4. The van der Waals surface area contributed by atoms with Crippen LogP contribution in [0.25, 0.3) is 0 Å². The lowest BCUT2D eigenvalue weighted by Crippen LogP contribution is -2.34. The van der Waals surface area contributed by atoms with Gasteiger partial charge in [-0.25, -0.2) is 4.79 Å². The van der Waals surface area contributed by atoms with Crippen molar-refractivity contribution in [1.82, 2.24) is 5.32 Å². The van der Waals surface area contributed by atoms with Crippen molar-refractivity contribution in [2.45, 2.75) is 25.5 Å². The first-order chi connectivity index (χ1) is 20.2. The number of ether oxygens (including phenoxy) is 2. The van der Waals surface area contributed by atoms with Gasteiger partial charge in [0.25, 0.3) is 17.3 Å². The summed E-state index contributed by atoms with van der Waals surface area (Å²) in [5, 5.41) is 36.3. The Morgan fingerprint density at radius 2 is 1.48 bits per heavy atom. The maximum absolute atomic E-state index is 12.3. The molecule has 1 atom stereocenters. The summed E-state index contributed by atoms with van der Waals surface area (Å²) in [5.41, 5.74) is 1.06. The van der Waals surface area contributed by atoms with Crippen molar-refractivity contribution in [3.05, 3.63) is 117 Å². The summed E-state index contributed by atoms with van der Waals surface area (Å²) >= 11 is 0. The van der Waals surface area contributed by atoms with Crippen LogP contribution in [0, 0.1) is 33.3 Å². The van der Waals surface area contributed by atoms with Gasteiger partial charge in [0.15, 0.2) is 0 Å². The van der Waals surface area contributed by atoms with Gasteiger partial charge in [-0.15, -0.1) is 0 Å². The van der Waals surface area contributed by atoms with E-state index in [1.165, 1.54) is 42.8 Å². The van der Waals surface area contributed by atoms with E-state index in [4.69, 9.17) is 14.6 Å². The lowest BCUT2D eigenvalue weighted by Gasteiger charge is -2.20. The summed E-state index contributed by atoms with van der Waals surface area (Å²) in [7, 11) is 0. The summed E-state index contributed by atoms with van der Waals surface area (Å²) < 4.78 is 10.1. The van der Waals surface area contributed by atoms with E-state index in [0.29, 0.717) is 24.1 Å². The maximum atomic E-state index is 12.3. The van der Waals surface area contributed by atoms with Crippen LogP contribution in [-0.4, -0.2) is 45.4 Å². The summed E-state index contributed by atoms with van der Waals surface area (Å²) in [4.78, 5) is 56.8. The number of benzene rings is 3. The van der Waals surface area contributed by atoms with Gasteiger partial charge >= 0.3 is 6.16 Å². The van der Waals surface area contributed by atoms with E-state index >= 15 is 0 Å². The zero-order valence-corrected chi connectivity index (χ0v) is 22.0. The van der Waals surface area contributed by atoms with Crippen LogP contribution in [0.2, 0.25) is 0 Å². The van der Waals surface area contributed by atoms with Crippen LogP contribution in [-0.2, 0) is 16.1 Å². The number of carbonyl (C=O) groups excluding carboxylic acids is 3. The second-order valence-electron chi connectivity index (χ2n) is 8.73. The Morgan fingerprint density at radius 3 is 2.05 bits per heavy atom. The topological polar surface area (TPSA) is 200 Å². The Hall–Kier alpha value is -5.37. The standard InChI is InChI=1S/C28H26N4O10/c33-17-1-2-21(15-16-29-27(35)26(34)20-5-9-23(10-6-20)31(37)38)30-22-7-3-19(4-8-22)18-41-28(36)42-25-13-11-24(12-14-25)32(39)40/h1,3-14,17,21,30,33H,2,15-16,18H2,(H,29,35). The molecule has 3 N–H and O–H groups in total. The molecule has 0 saturated heterocycles. The van der Waals surface area contributed by atoms with Gasteiger partial charge < -0.3 is 25.2 Å². The Labute approximate surface area is 239 Å². The molecule has 14 nitrogen and oxygen atoms in total. The van der Waals surface area contributed by atoms with Crippen LogP contribution in [0.3, 0.4) is 0 Å². The van der Waals surface area contributed by atoms with Crippen molar-refractivity contribution in [3.8, 4) is 5.75 Å². The molecule has 0 saturated carbocycles. The molecule has 218 valence electrons. The van der Waals surface area contributed by atoms with Crippen LogP contribution in [0.5, 0.6) is 5.75 Å². The molecule has 1 amide bonds. The van der Waals surface area contributed by atoms with Crippen LogP contribution in [0.15, 0.2) is 72.8 Å². The first-order valence-electron chi connectivity index (χ1n) is 12.5. The number of hydrogen-bond donors (Lipinski definition) is 3. The first kappa shape index (κ1) is 31.2. The summed E-state index contributed by atoms with van der Waals surface area (Å²) in [6.45, 7) is 0.955. The predicted octanol–water partition coefficient (Wildman–Crippen LogP) is 4.52. The smallest absolute Gasteiger partial charge is 0.429 e. The van der Waals surface area contributed by atoms with E-state index in [2.05, 4.69) is 10.6 Å². The molecule has 3 aromatic rings. The van der Waals surface area contributed by atoms with Crippen molar-refractivity contribution < 1.29 is 38.8 Å². The fourth-order valence-electron chi connectivity index (χ4n) is 3.62. The molecular formula is C28H26N4O10. The SMILES string of the molecule is O=C(OCc1ccc(NC(C[CH][CH]O)CCNC(=O)C(=O)c2ccc([N+](=O)[O-])cc2)cc1)Oc1ccc([N+](=O)[O-])cc1. The van der Waals surface area contributed by atoms with Gasteiger partial charge in [0.1, 0.15) is 12.4 Å². The van der Waals surface area contributed by atoms with Crippen molar-refractivity contribution in [2.24, 2.45) is 0 Å². The van der Waals surface area contributed by atoms with Crippen molar-refractivity contribution in [1.29, 1.82) is 0 Å². The number of hydrogen-bond acceptors (Lipinski definition) is 11. The van der Waals surface area contributed by atoms with Crippen LogP contribution >= 0.6 is 0 Å². The van der Waals surface area contributed by atoms with Gasteiger partial charge in [-0.2, -0.15) is 0 Å². The number of anilines is 1. The average Bonchev–Trinajstić information content (AvgIpc) is 2.99. The second-order valence-corrected chi connectivity index (χ2v) is 8.73. The third-order valence-corrected chi connectivity index (χ3v) is 5.78. The molecule has 0 aromatic heterocycles. The molecule has 0 bridgehead atoms. The zero-order chi connectivity index (χ0) is 30.5. The van der Waals surface area contributed by atoms with E-state index in [0.717, 1.165) is 18.7 Å². The first-order valence-corrected chi connectivity index (χ1v) is 12.5. The molecule has 0 spiro atoms. The Balaban J connectivity index is 1.46. The molecule has 3 rings (SSSR count). The molecule has 3 aromatic carbocycles. The van der Waals surface area contributed by atoms with Crippen molar-refractivity contribution in [3.63, 3.8) is 0 Å². The predicted molar refractivity (Wildman–Crippen MR) is 148 cm³/mol. The Kier molecular flexibility index (Phi) is 11.4. The molecule has 2 radical (unpaired) electrons. The zero-order valence-electron chi connectivity index (χ0n) is 22.0. The molecule has 0 heterocycles. The molecule has 0 aliphatic rings. The minimum absolute atomic E-state index is 0.0275. The van der Waals surface area contributed by atoms with Gasteiger partial charge in [0.2, 0.25) is 5.78 Å². The average molecular weight is 579 g/mol. The van der Waals surface area contributed by atoms with Gasteiger partial charge in [-0.3, -0.25) is 29.8 Å². The largest absolute Gasteiger partial charge is 0.514 e. The molecule has 1 unspecified atom stereocenters. The number of carbonyl (C=O) groups is 3. The molecule has 0 aliphatic heterocycles. The fraction of sp³-hybridized carbons (Fsp3) is 0.179.